The van der Waals surface area contributed by atoms with Crippen LogP contribution in [-0.4, -0.2) is 9.78 Å². The van der Waals surface area contributed by atoms with E-state index in [1.807, 2.05) is 13.0 Å². The van der Waals surface area contributed by atoms with Crippen molar-refractivity contribution in [3.63, 3.8) is 0 Å². The molecule has 0 saturated carbocycles. The molecule has 1 aromatic carbocycles. The number of hydrogen-bond acceptors (Lipinski definition) is 2. The van der Waals surface area contributed by atoms with Crippen molar-refractivity contribution >= 4 is 51.6 Å². The number of benzene rings is 1. The highest BCUT2D eigenvalue weighted by atomic mass is 127. The third-order valence-corrected chi connectivity index (χ3v) is 4.24. The normalized spacial score (nSPS) is 10.8. The number of hydrogen-bond donors (Lipinski definition) is 1. The van der Waals surface area contributed by atoms with Crippen LogP contribution in [0.1, 0.15) is 5.69 Å². The van der Waals surface area contributed by atoms with E-state index in [-0.39, 0.29) is 0 Å². The molecule has 16 heavy (non-hydrogen) atoms. The number of aryl methyl sites for hydroxylation is 1. The molecule has 0 saturated heterocycles. The molecule has 0 bridgehead atoms. The standard InChI is InChI=1S/C10H8Cl2IN3/c1-5-9(13)10(14)16(15-5)6-2-3-7(11)8(12)4-6/h2-4H,14H2,1H3. The Morgan fingerprint density at radius 2 is 2.00 bits per heavy atom. The summed E-state index contributed by atoms with van der Waals surface area (Å²) in [6.07, 6.45) is 0. The Labute approximate surface area is 117 Å². The Bertz CT molecular complexity index is 551. The Balaban J connectivity index is 2.59. The zero-order valence-corrected chi connectivity index (χ0v) is 12.0. The maximum absolute atomic E-state index is 5.95. The van der Waals surface area contributed by atoms with Gasteiger partial charge in [0.05, 0.1) is 25.0 Å². The molecule has 0 spiro atoms. The van der Waals surface area contributed by atoms with Crippen molar-refractivity contribution in [1.82, 2.24) is 9.78 Å². The molecule has 0 amide bonds. The van der Waals surface area contributed by atoms with E-state index in [1.54, 1.807) is 16.8 Å². The minimum atomic E-state index is 0.488. The van der Waals surface area contributed by atoms with Crippen LogP contribution in [-0.2, 0) is 0 Å². The molecule has 6 heteroatoms. The quantitative estimate of drug-likeness (QED) is 0.781. The van der Waals surface area contributed by atoms with E-state index in [0.29, 0.717) is 15.9 Å². The summed E-state index contributed by atoms with van der Waals surface area (Å²) in [4.78, 5) is 0. The van der Waals surface area contributed by atoms with Crippen LogP contribution in [0.3, 0.4) is 0 Å². The van der Waals surface area contributed by atoms with E-state index in [1.165, 1.54) is 0 Å². The van der Waals surface area contributed by atoms with Crippen LogP contribution in [0.2, 0.25) is 10.0 Å². The minimum absolute atomic E-state index is 0.488. The number of rotatable bonds is 1. The van der Waals surface area contributed by atoms with Crippen molar-refractivity contribution in [3.05, 3.63) is 37.5 Å². The predicted octanol–water partition coefficient (Wildman–Crippen LogP) is 3.67. The molecule has 2 N–H and O–H groups in total. The van der Waals surface area contributed by atoms with Crippen molar-refractivity contribution in [2.45, 2.75) is 6.92 Å². The highest BCUT2D eigenvalue weighted by molar-refractivity contribution is 14.1. The molecule has 2 rings (SSSR count). The average Bonchev–Trinajstić information content (AvgIpc) is 2.50. The van der Waals surface area contributed by atoms with E-state index in [4.69, 9.17) is 28.9 Å². The second-order valence-electron chi connectivity index (χ2n) is 3.29. The van der Waals surface area contributed by atoms with Crippen LogP contribution in [0.4, 0.5) is 5.82 Å². The molecule has 0 fully saturated rings. The fourth-order valence-electron chi connectivity index (χ4n) is 1.34. The molecule has 3 nitrogen and oxygen atoms in total. The highest BCUT2D eigenvalue weighted by Gasteiger charge is 2.11. The summed E-state index contributed by atoms with van der Waals surface area (Å²) in [7, 11) is 0. The van der Waals surface area contributed by atoms with Crippen molar-refractivity contribution in [2.24, 2.45) is 0 Å². The smallest absolute Gasteiger partial charge is 0.140 e. The fraction of sp³-hybridized carbons (Fsp3) is 0.100. The summed E-state index contributed by atoms with van der Waals surface area (Å²) in [5.41, 5.74) is 7.64. The van der Waals surface area contributed by atoms with E-state index in [0.717, 1.165) is 15.0 Å². The van der Waals surface area contributed by atoms with Crippen molar-refractivity contribution < 1.29 is 0 Å². The summed E-state index contributed by atoms with van der Waals surface area (Å²) in [5, 5.41) is 5.34. The van der Waals surface area contributed by atoms with E-state index in [9.17, 15) is 0 Å². The Morgan fingerprint density at radius 1 is 1.31 bits per heavy atom. The molecule has 1 heterocycles. The maximum atomic E-state index is 5.95. The van der Waals surface area contributed by atoms with Gasteiger partial charge in [-0.15, -0.1) is 0 Å². The summed E-state index contributed by atoms with van der Waals surface area (Å²) < 4.78 is 2.60. The molecule has 0 atom stereocenters. The lowest BCUT2D eigenvalue weighted by Gasteiger charge is -2.05. The van der Waals surface area contributed by atoms with Crippen molar-refractivity contribution in [3.8, 4) is 5.69 Å². The van der Waals surface area contributed by atoms with Gasteiger partial charge in [0.25, 0.3) is 0 Å². The lowest BCUT2D eigenvalue weighted by Crippen LogP contribution is -2.02. The summed E-state index contributed by atoms with van der Waals surface area (Å²) in [6.45, 7) is 1.91. The van der Waals surface area contributed by atoms with Gasteiger partial charge in [0, 0.05) is 0 Å². The number of halogens is 3. The Kier molecular flexibility index (Phi) is 3.32. The molecule has 1 aromatic heterocycles. The third kappa shape index (κ3) is 2.01. The first-order valence-corrected chi connectivity index (χ1v) is 6.30. The van der Waals surface area contributed by atoms with E-state index < -0.39 is 0 Å². The second kappa shape index (κ2) is 4.43. The van der Waals surface area contributed by atoms with Gasteiger partial charge >= 0.3 is 0 Å². The van der Waals surface area contributed by atoms with E-state index in [2.05, 4.69) is 27.7 Å². The van der Waals surface area contributed by atoms with Crippen LogP contribution in [0.25, 0.3) is 5.69 Å². The zero-order valence-electron chi connectivity index (χ0n) is 8.34. The van der Waals surface area contributed by atoms with Gasteiger partial charge in [0.15, 0.2) is 0 Å². The van der Waals surface area contributed by atoms with E-state index >= 15 is 0 Å². The van der Waals surface area contributed by atoms with Crippen LogP contribution in [0, 0.1) is 10.5 Å². The lowest BCUT2D eigenvalue weighted by molar-refractivity contribution is 0.872. The van der Waals surface area contributed by atoms with Crippen LogP contribution >= 0.6 is 45.8 Å². The third-order valence-electron chi connectivity index (χ3n) is 2.17. The molecular weight excluding hydrogens is 360 g/mol. The van der Waals surface area contributed by atoms with Gasteiger partial charge in [0.1, 0.15) is 5.82 Å². The molecule has 0 unspecified atom stereocenters. The Morgan fingerprint density at radius 3 is 2.50 bits per heavy atom. The highest BCUT2D eigenvalue weighted by Crippen LogP contribution is 2.27. The van der Waals surface area contributed by atoms with Crippen LogP contribution in [0.5, 0.6) is 0 Å². The fourth-order valence-corrected chi connectivity index (χ4v) is 1.97. The van der Waals surface area contributed by atoms with Gasteiger partial charge in [-0.05, 0) is 47.7 Å². The molecule has 0 aliphatic carbocycles. The number of anilines is 1. The van der Waals surface area contributed by atoms with Crippen LogP contribution in [0.15, 0.2) is 18.2 Å². The lowest BCUT2D eigenvalue weighted by atomic mass is 10.3. The van der Waals surface area contributed by atoms with Gasteiger partial charge in [-0.25, -0.2) is 4.68 Å². The Hall–Kier alpha value is -0.460. The minimum Gasteiger partial charge on any atom is -0.383 e. The average molecular weight is 368 g/mol. The molecule has 0 aliphatic rings. The van der Waals surface area contributed by atoms with Gasteiger partial charge in [-0.3, -0.25) is 0 Å². The second-order valence-corrected chi connectivity index (χ2v) is 5.19. The number of nitrogens with two attached hydrogens (primary N) is 1. The van der Waals surface area contributed by atoms with Crippen molar-refractivity contribution in [2.75, 3.05) is 5.73 Å². The molecule has 84 valence electrons. The summed E-state index contributed by atoms with van der Waals surface area (Å²) in [6, 6.07) is 5.29. The molecular formula is C10H8Cl2IN3. The van der Waals surface area contributed by atoms with Crippen molar-refractivity contribution in [1.29, 1.82) is 0 Å². The topological polar surface area (TPSA) is 43.8 Å². The maximum Gasteiger partial charge on any atom is 0.140 e. The van der Waals surface area contributed by atoms with Crippen LogP contribution < -0.4 is 5.73 Å². The molecule has 0 radical (unpaired) electrons. The monoisotopic (exact) mass is 367 g/mol. The zero-order chi connectivity index (χ0) is 11.9. The predicted molar refractivity (Wildman–Crippen MR) is 75.5 cm³/mol. The first-order chi connectivity index (χ1) is 7.50. The number of aromatic nitrogens is 2. The number of nitrogen functional groups attached to an aromatic ring is 1. The largest absolute Gasteiger partial charge is 0.383 e. The summed E-state index contributed by atoms with van der Waals surface area (Å²) in [5.74, 6) is 0.608. The molecule has 0 aliphatic heterocycles. The SMILES string of the molecule is Cc1nn(-c2ccc(Cl)c(Cl)c2)c(N)c1I. The van der Waals surface area contributed by atoms with Gasteiger partial charge in [-0.2, -0.15) is 5.10 Å². The van der Waals surface area contributed by atoms with Gasteiger partial charge in [0.2, 0.25) is 0 Å². The first-order valence-electron chi connectivity index (χ1n) is 4.46. The van der Waals surface area contributed by atoms with Gasteiger partial charge < -0.3 is 5.73 Å². The first kappa shape index (κ1) is 12.0. The molecule has 2 aromatic rings. The summed E-state index contributed by atoms with van der Waals surface area (Å²) >= 11 is 14.0. The van der Waals surface area contributed by atoms with Gasteiger partial charge in [-0.1, -0.05) is 23.2 Å². The number of nitrogens with zero attached hydrogens (tertiary/aromatic N) is 2.